The van der Waals surface area contributed by atoms with Crippen molar-refractivity contribution in [3.63, 3.8) is 0 Å². The summed E-state index contributed by atoms with van der Waals surface area (Å²) in [5.74, 6) is -0.884. The molecule has 6 heteroatoms. The third-order valence-electron chi connectivity index (χ3n) is 2.68. The molecule has 0 spiro atoms. The van der Waals surface area contributed by atoms with Crippen LogP contribution in [0, 0.1) is 10.1 Å². The number of rotatable bonds is 4. The van der Waals surface area contributed by atoms with E-state index < -0.39 is 10.9 Å². The van der Waals surface area contributed by atoms with Crippen molar-refractivity contribution in [3.05, 3.63) is 75.8 Å². The predicted octanol–water partition coefficient (Wildman–Crippen LogP) is 3.31. The summed E-state index contributed by atoms with van der Waals surface area (Å²) in [6.45, 7) is 1.60. The molecule has 22 heavy (non-hydrogen) atoms. The van der Waals surface area contributed by atoms with Gasteiger partial charge < -0.3 is 5.11 Å². The molecule has 0 heterocycles. The molecule has 6 nitrogen and oxygen atoms in total. The Balaban J connectivity index is 0.000000422. The van der Waals surface area contributed by atoms with Crippen LogP contribution in [0.4, 0.5) is 5.69 Å². The third-order valence-corrected chi connectivity index (χ3v) is 2.68. The Hall–Kier alpha value is -3.02. The molecular formula is C16H15NO5. The lowest BCUT2D eigenvalue weighted by Crippen LogP contribution is -2.00. The largest absolute Gasteiger partial charge is 0.481 e. The fourth-order valence-electron chi connectivity index (χ4n) is 1.49. The predicted molar refractivity (Wildman–Crippen MR) is 80.9 cm³/mol. The first kappa shape index (κ1) is 17.0. The summed E-state index contributed by atoms with van der Waals surface area (Å²) in [7, 11) is 0. The van der Waals surface area contributed by atoms with Crippen LogP contribution in [0.25, 0.3) is 0 Å². The number of ketones is 1. The van der Waals surface area contributed by atoms with Crippen molar-refractivity contribution in [1.29, 1.82) is 0 Å². The van der Waals surface area contributed by atoms with E-state index in [1.165, 1.54) is 24.3 Å². The minimum atomic E-state index is -0.745. The number of benzene rings is 2. The van der Waals surface area contributed by atoms with E-state index >= 15 is 0 Å². The average molecular weight is 301 g/mol. The monoisotopic (exact) mass is 301 g/mol. The van der Waals surface area contributed by atoms with Gasteiger partial charge in [0, 0.05) is 29.7 Å². The molecule has 0 amide bonds. The summed E-state index contributed by atoms with van der Waals surface area (Å²) in [6.07, 6.45) is 0.222. The standard InChI is InChI=1S/C13H9NO3.C3H6O2/c15-13(10-4-2-1-3-5-10)11-6-8-12(9-7-11)14(16)17;1-2-3(4)5/h1-9H;2H2,1H3,(H,4,5). The number of carbonyl (C=O) groups excluding carboxylic acids is 1. The summed E-state index contributed by atoms with van der Waals surface area (Å²) in [6, 6.07) is 14.4. The summed E-state index contributed by atoms with van der Waals surface area (Å²) in [5, 5.41) is 18.2. The van der Waals surface area contributed by atoms with Crippen molar-refractivity contribution in [2.45, 2.75) is 13.3 Å². The normalized spacial score (nSPS) is 9.32. The van der Waals surface area contributed by atoms with Gasteiger partial charge in [0.15, 0.2) is 5.78 Å². The molecule has 1 N–H and O–H groups in total. The first-order chi connectivity index (χ1) is 10.5. The van der Waals surface area contributed by atoms with Crippen molar-refractivity contribution in [2.24, 2.45) is 0 Å². The molecule has 2 rings (SSSR count). The van der Waals surface area contributed by atoms with E-state index in [2.05, 4.69) is 0 Å². The number of nitro benzene ring substituents is 1. The molecule has 0 saturated carbocycles. The molecule has 0 bridgehead atoms. The minimum Gasteiger partial charge on any atom is -0.481 e. The van der Waals surface area contributed by atoms with Crippen molar-refractivity contribution in [3.8, 4) is 0 Å². The van der Waals surface area contributed by atoms with Crippen LogP contribution in [0.1, 0.15) is 29.3 Å². The van der Waals surface area contributed by atoms with Gasteiger partial charge in [0.05, 0.1) is 4.92 Å². The Morgan fingerprint density at radius 1 is 1.00 bits per heavy atom. The van der Waals surface area contributed by atoms with Gasteiger partial charge >= 0.3 is 5.97 Å². The summed E-state index contributed by atoms with van der Waals surface area (Å²) < 4.78 is 0. The highest BCUT2D eigenvalue weighted by molar-refractivity contribution is 6.09. The van der Waals surface area contributed by atoms with Crippen LogP contribution in [0.15, 0.2) is 54.6 Å². The lowest BCUT2D eigenvalue weighted by Gasteiger charge is -2.00. The highest BCUT2D eigenvalue weighted by Crippen LogP contribution is 2.15. The minimum absolute atomic E-state index is 0.0189. The van der Waals surface area contributed by atoms with Gasteiger partial charge in [-0.3, -0.25) is 19.7 Å². The zero-order chi connectivity index (χ0) is 16.5. The number of hydrogen-bond acceptors (Lipinski definition) is 4. The van der Waals surface area contributed by atoms with E-state index in [-0.39, 0.29) is 17.9 Å². The third kappa shape index (κ3) is 5.16. The van der Waals surface area contributed by atoms with Gasteiger partial charge in [0.25, 0.3) is 5.69 Å². The Kier molecular flexibility index (Phi) is 6.43. The zero-order valence-corrected chi connectivity index (χ0v) is 11.9. The summed E-state index contributed by atoms with van der Waals surface area (Å²) in [5.41, 5.74) is 0.998. The lowest BCUT2D eigenvalue weighted by molar-refractivity contribution is -0.384. The van der Waals surface area contributed by atoms with E-state index in [1.54, 1.807) is 31.2 Å². The number of non-ortho nitro benzene ring substituents is 1. The maximum absolute atomic E-state index is 12.0. The lowest BCUT2D eigenvalue weighted by atomic mass is 10.0. The van der Waals surface area contributed by atoms with Gasteiger partial charge in [-0.25, -0.2) is 0 Å². The highest BCUT2D eigenvalue weighted by Gasteiger charge is 2.10. The average Bonchev–Trinajstić information content (AvgIpc) is 2.55. The fraction of sp³-hybridized carbons (Fsp3) is 0.125. The molecule has 2 aromatic carbocycles. The maximum Gasteiger partial charge on any atom is 0.303 e. The van der Waals surface area contributed by atoms with Crippen LogP contribution < -0.4 is 0 Å². The Bertz CT molecular complexity index is 650. The molecule has 0 aliphatic heterocycles. The van der Waals surface area contributed by atoms with Crippen molar-refractivity contribution in [1.82, 2.24) is 0 Å². The zero-order valence-electron chi connectivity index (χ0n) is 11.9. The first-order valence-corrected chi connectivity index (χ1v) is 6.51. The molecule has 0 unspecified atom stereocenters. The number of hydrogen-bond donors (Lipinski definition) is 1. The number of carboxylic acid groups (broad SMARTS) is 1. The number of nitro groups is 1. The smallest absolute Gasteiger partial charge is 0.303 e. The summed E-state index contributed by atoms with van der Waals surface area (Å²) in [4.78, 5) is 31.3. The van der Waals surface area contributed by atoms with Crippen LogP contribution in [0.3, 0.4) is 0 Å². The van der Waals surface area contributed by atoms with E-state index in [0.717, 1.165) is 0 Å². The van der Waals surface area contributed by atoms with E-state index in [4.69, 9.17) is 5.11 Å². The molecule has 0 aromatic heterocycles. The van der Waals surface area contributed by atoms with Gasteiger partial charge in [-0.1, -0.05) is 37.3 Å². The molecule has 0 fully saturated rings. The molecule has 2 aromatic rings. The molecular weight excluding hydrogens is 286 g/mol. The molecule has 0 radical (unpaired) electrons. The fourth-order valence-corrected chi connectivity index (χ4v) is 1.49. The first-order valence-electron chi connectivity index (χ1n) is 6.51. The number of carboxylic acids is 1. The molecule has 0 aliphatic carbocycles. The van der Waals surface area contributed by atoms with Gasteiger partial charge in [0.2, 0.25) is 0 Å². The van der Waals surface area contributed by atoms with Gasteiger partial charge in [-0.05, 0) is 12.1 Å². The number of carbonyl (C=O) groups is 2. The molecule has 0 saturated heterocycles. The van der Waals surface area contributed by atoms with Crippen molar-refractivity contribution in [2.75, 3.05) is 0 Å². The van der Waals surface area contributed by atoms with Crippen LogP contribution in [-0.4, -0.2) is 21.8 Å². The van der Waals surface area contributed by atoms with Crippen LogP contribution in [0.2, 0.25) is 0 Å². The van der Waals surface area contributed by atoms with Gasteiger partial charge in [-0.2, -0.15) is 0 Å². The van der Waals surface area contributed by atoms with Gasteiger partial charge in [-0.15, -0.1) is 0 Å². The number of aliphatic carboxylic acids is 1. The maximum atomic E-state index is 12.0. The topological polar surface area (TPSA) is 97.5 Å². The quantitative estimate of drug-likeness (QED) is 0.530. The highest BCUT2D eigenvalue weighted by atomic mass is 16.6. The van der Waals surface area contributed by atoms with Crippen LogP contribution in [0.5, 0.6) is 0 Å². The second-order valence-corrected chi connectivity index (χ2v) is 4.25. The Morgan fingerprint density at radius 3 is 1.86 bits per heavy atom. The molecule has 0 aliphatic rings. The molecule has 0 atom stereocenters. The Labute approximate surface area is 127 Å². The van der Waals surface area contributed by atoms with Gasteiger partial charge in [0.1, 0.15) is 0 Å². The van der Waals surface area contributed by atoms with E-state index in [1.807, 2.05) is 6.07 Å². The molecule has 114 valence electrons. The van der Waals surface area contributed by atoms with E-state index in [0.29, 0.717) is 11.1 Å². The Morgan fingerprint density at radius 2 is 1.45 bits per heavy atom. The van der Waals surface area contributed by atoms with Crippen LogP contribution >= 0.6 is 0 Å². The SMILES string of the molecule is CCC(=O)O.O=C(c1ccccc1)c1ccc([N+](=O)[O-])cc1. The van der Waals surface area contributed by atoms with Crippen molar-refractivity contribution >= 4 is 17.4 Å². The summed E-state index contributed by atoms with van der Waals surface area (Å²) >= 11 is 0. The second-order valence-electron chi connectivity index (χ2n) is 4.25. The van der Waals surface area contributed by atoms with E-state index in [9.17, 15) is 19.7 Å². The van der Waals surface area contributed by atoms with Crippen LogP contribution in [-0.2, 0) is 4.79 Å². The number of nitrogens with zero attached hydrogens (tertiary/aromatic N) is 1. The second kappa shape index (κ2) is 8.31. The van der Waals surface area contributed by atoms with Crippen molar-refractivity contribution < 1.29 is 19.6 Å².